The molecule has 3 aliphatic heterocycles. The van der Waals surface area contributed by atoms with E-state index >= 15 is 0 Å². The van der Waals surface area contributed by atoms with E-state index in [1.807, 2.05) is 0 Å². The van der Waals surface area contributed by atoms with Crippen molar-refractivity contribution in [3.05, 3.63) is 0 Å². The van der Waals surface area contributed by atoms with Crippen LogP contribution in [0.1, 0.15) is 65.7 Å². The molecule has 3 heterocycles. The van der Waals surface area contributed by atoms with Crippen LogP contribution in [-0.2, 0) is 14.3 Å². The lowest BCUT2D eigenvalue weighted by molar-refractivity contribution is -0.914. The van der Waals surface area contributed by atoms with E-state index in [0.717, 1.165) is 26.0 Å². The van der Waals surface area contributed by atoms with Gasteiger partial charge in [-0.3, -0.25) is 4.79 Å². The first-order valence-electron chi connectivity index (χ1n) is 11.0. The number of hydrogen-bond donors (Lipinski definition) is 1. The molecule has 146 valence electrons. The van der Waals surface area contributed by atoms with Crippen molar-refractivity contribution in [2.24, 2.45) is 28.6 Å². The van der Waals surface area contributed by atoms with Crippen LogP contribution in [0.5, 0.6) is 0 Å². The Morgan fingerprint density at radius 2 is 1.96 bits per heavy atom. The topological polar surface area (TPSA) is 43.3 Å². The van der Waals surface area contributed by atoms with E-state index in [4.69, 9.17) is 9.47 Å². The normalized spacial score (nSPS) is 52.3. The Morgan fingerprint density at radius 1 is 1.15 bits per heavy atom. The van der Waals surface area contributed by atoms with Gasteiger partial charge in [-0.15, -0.1) is 0 Å². The highest BCUT2D eigenvalue weighted by atomic mass is 16.6. The lowest BCUT2D eigenvalue weighted by Gasteiger charge is -2.51. The Bertz CT molecular complexity index is 598. The molecule has 1 unspecified atom stereocenters. The van der Waals surface area contributed by atoms with Gasteiger partial charge in [0.05, 0.1) is 31.8 Å². The van der Waals surface area contributed by atoms with Gasteiger partial charge in [0, 0.05) is 11.3 Å². The number of esters is 1. The van der Waals surface area contributed by atoms with Gasteiger partial charge in [0.1, 0.15) is 12.0 Å². The van der Waals surface area contributed by atoms with Crippen molar-refractivity contribution < 1.29 is 19.2 Å². The first-order valence-corrected chi connectivity index (χ1v) is 11.0. The predicted octanol–water partition coefficient (Wildman–Crippen LogP) is 2.22. The van der Waals surface area contributed by atoms with Crippen LogP contribution < -0.4 is 4.90 Å². The van der Waals surface area contributed by atoms with Gasteiger partial charge < -0.3 is 14.4 Å². The molecule has 26 heavy (non-hydrogen) atoms. The molecule has 0 radical (unpaired) electrons. The number of likely N-dealkylation sites (tertiary alicyclic amines) is 1. The summed E-state index contributed by atoms with van der Waals surface area (Å²) in [7, 11) is 0. The predicted molar refractivity (Wildman–Crippen MR) is 98.8 cm³/mol. The van der Waals surface area contributed by atoms with Crippen LogP contribution in [0.25, 0.3) is 0 Å². The Kier molecular flexibility index (Phi) is 3.83. The van der Waals surface area contributed by atoms with Crippen LogP contribution in [-0.4, -0.2) is 43.9 Å². The molecule has 7 atom stereocenters. The molecule has 1 spiro atoms. The molecule has 0 amide bonds. The van der Waals surface area contributed by atoms with Crippen LogP contribution in [0.4, 0.5) is 0 Å². The zero-order chi connectivity index (χ0) is 18.2. The number of nitrogens with one attached hydrogen (secondary N) is 1. The van der Waals surface area contributed by atoms with Gasteiger partial charge >= 0.3 is 5.97 Å². The number of hydrogen-bond acceptors (Lipinski definition) is 3. The third-order valence-corrected chi connectivity index (χ3v) is 8.70. The highest BCUT2D eigenvalue weighted by Gasteiger charge is 2.65. The fourth-order valence-corrected chi connectivity index (χ4v) is 7.35. The fourth-order valence-electron chi connectivity index (χ4n) is 7.35. The lowest BCUT2D eigenvalue weighted by atomic mass is 9.53. The van der Waals surface area contributed by atoms with Crippen molar-refractivity contribution in [2.75, 3.05) is 26.2 Å². The number of fused-ring (bicyclic) bond motifs is 3. The van der Waals surface area contributed by atoms with E-state index in [2.05, 4.69) is 20.8 Å². The number of carbonyl (C=O) groups excluding carboxylic acids is 1. The highest BCUT2D eigenvalue weighted by molar-refractivity contribution is 5.75. The summed E-state index contributed by atoms with van der Waals surface area (Å²) in [4.78, 5) is 14.4. The maximum Gasteiger partial charge on any atom is 0.315 e. The summed E-state index contributed by atoms with van der Waals surface area (Å²) < 4.78 is 12.0. The molecular formula is C22H36NO3+. The Morgan fingerprint density at radius 3 is 2.69 bits per heavy atom. The Balaban J connectivity index is 1.34. The molecule has 0 aromatic heterocycles. The van der Waals surface area contributed by atoms with Crippen LogP contribution in [0.3, 0.4) is 0 Å². The second kappa shape index (κ2) is 5.70. The van der Waals surface area contributed by atoms with Crippen LogP contribution in [0.2, 0.25) is 0 Å². The van der Waals surface area contributed by atoms with Crippen molar-refractivity contribution in [1.82, 2.24) is 0 Å². The fraction of sp³-hybridized carbons (Fsp3) is 0.955. The molecule has 2 aliphatic carbocycles. The lowest BCUT2D eigenvalue weighted by Crippen LogP contribution is -3.15. The standard InChI is InChI=1S/C22H35NO3/c1-20(2)6-5-9-23(13-20)12-16-15-10-18-21(3,11-17(15)26-19(16)24)7-4-8-22(18)14-25-22/h15-18H,4-14H2,1-3H3/p+1/t15-,16-,17-,18+,21-,22+/m1/s1. The average Bonchev–Trinajstić information content (AvgIpc) is 3.25. The second-order valence-electron chi connectivity index (χ2n) is 11.2. The number of ether oxygens (including phenoxy) is 2. The SMILES string of the molecule is CC1(C)CCC[NH+](C[C@H]2C(=O)O[C@@H]3C[C@@]4(C)CCC[C@]5(CO5)[C@H]4C[C@@H]32)C1. The van der Waals surface area contributed by atoms with Gasteiger partial charge in [-0.2, -0.15) is 0 Å². The Hall–Kier alpha value is -0.610. The molecule has 5 fully saturated rings. The van der Waals surface area contributed by atoms with Gasteiger partial charge in [0.25, 0.3) is 0 Å². The smallest absolute Gasteiger partial charge is 0.315 e. The number of rotatable bonds is 2. The van der Waals surface area contributed by atoms with Gasteiger partial charge in [0.15, 0.2) is 0 Å². The quantitative estimate of drug-likeness (QED) is 0.605. The van der Waals surface area contributed by atoms with Crippen LogP contribution >= 0.6 is 0 Å². The van der Waals surface area contributed by atoms with E-state index in [9.17, 15) is 4.79 Å². The van der Waals surface area contributed by atoms with Crippen molar-refractivity contribution >= 4 is 5.97 Å². The minimum Gasteiger partial charge on any atom is -0.462 e. The maximum absolute atomic E-state index is 12.8. The molecule has 0 aromatic rings. The molecule has 4 nitrogen and oxygen atoms in total. The summed E-state index contributed by atoms with van der Waals surface area (Å²) in [6, 6.07) is 0. The first kappa shape index (κ1) is 17.5. The number of piperidine rings is 1. The largest absolute Gasteiger partial charge is 0.462 e. The molecule has 5 aliphatic rings. The van der Waals surface area contributed by atoms with E-state index in [0.29, 0.717) is 22.7 Å². The van der Waals surface area contributed by atoms with E-state index < -0.39 is 0 Å². The molecule has 0 aromatic carbocycles. The number of carbonyl (C=O) groups is 1. The van der Waals surface area contributed by atoms with Crippen molar-refractivity contribution in [3.8, 4) is 0 Å². The third-order valence-electron chi connectivity index (χ3n) is 8.70. The summed E-state index contributed by atoms with van der Waals surface area (Å²) in [5.41, 5.74) is 0.884. The minimum atomic E-state index is 0.101. The highest BCUT2D eigenvalue weighted by Crippen LogP contribution is 2.62. The molecule has 1 N–H and O–H groups in total. The molecule has 4 heteroatoms. The van der Waals surface area contributed by atoms with Crippen molar-refractivity contribution in [1.29, 1.82) is 0 Å². The van der Waals surface area contributed by atoms with E-state index in [1.165, 1.54) is 45.2 Å². The van der Waals surface area contributed by atoms with E-state index in [1.54, 1.807) is 4.90 Å². The monoisotopic (exact) mass is 362 g/mol. The summed E-state index contributed by atoms with van der Waals surface area (Å²) in [5.74, 6) is 1.28. The van der Waals surface area contributed by atoms with Crippen molar-refractivity contribution in [3.63, 3.8) is 0 Å². The third kappa shape index (κ3) is 2.74. The molecule has 0 bridgehead atoms. The molecular weight excluding hydrogens is 326 g/mol. The first-order chi connectivity index (χ1) is 12.3. The van der Waals surface area contributed by atoms with Gasteiger partial charge in [0.2, 0.25) is 0 Å². The van der Waals surface area contributed by atoms with Crippen molar-refractivity contribution in [2.45, 2.75) is 77.4 Å². The van der Waals surface area contributed by atoms with Gasteiger partial charge in [-0.25, -0.2) is 0 Å². The zero-order valence-corrected chi connectivity index (χ0v) is 16.8. The average molecular weight is 363 g/mol. The van der Waals surface area contributed by atoms with Gasteiger partial charge in [-0.05, 0) is 56.3 Å². The second-order valence-corrected chi connectivity index (χ2v) is 11.2. The Labute approximate surface area is 158 Å². The number of epoxide rings is 1. The summed E-state index contributed by atoms with van der Waals surface area (Å²) in [6.45, 7) is 11.6. The zero-order valence-electron chi connectivity index (χ0n) is 16.8. The maximum atomic E-state index is 12.8. The number of quaternary nitrogens is 1. The summed E-state index contributed by atoms with van der Waals surface area (Å²) in [5, 5.41) is 0. The summed E-state index contributed by atoms with van der Waals surface area (Å²) >= 11 is 0. The molecule has 5 rings (SSSR count). The summed E-state index contributed by atoms with van der Waals surface area (Å²) in [6.07, 6.45) is 8.77. The van der Waals surface area contributed by atoms with Crippen LogP contribution in [0.15, 0.2) is 0 Å². The van der Waals surface area contributed by atoms with Gasteiger partial charge in [-0.1, -0.05) is 20.8 Å². The van der Waals surface area contributed by atoms with Crippen LogP contribution in [0, 0.1) is 28.6 Å². The minimum absolute atomic E-state index is 0.101. The molecule has 3 saturated heterocycles. The van der Waals surface area contributed by atoms with E-state index in [-0.39, 0.29) is 23.6 Å². The molecule has 2 saturated carbocycles.